The third kappa shape index (κ3) is 4.54. The van der Waals surface area contributed by atoms with Gasteiger partial charge in [-0.05, 0) is 36.6 Å². The Labute approximate surface area is 148 Å². The quantitative estimate of drug-likeness (QED) is 0.768. The molecule has 1 aromatic carbocycles. The summed E-state index contributed by atoms with van der Waals surface area (Å²) in [6.45, 7) is 0.571. The Bertz CT molecular complexity index is 684. The van der Waals surface area contributed by atoms with E-state index in [0.29, 0.717) is 18.7 Å². The van der Waals surface area contributed by atoms with E-state index in [-0.39, 0.29) is 18.2 Å². The minimum absolute atomic E-state index is 0.0910. The topological polar surface area (TPSA) is 71.6 Å². The van der Waals surface area contributed by atoms with Gasteiger partial charge < -0.3 is 25.4 Å². The van der Waals surface area contributed by atoms with Crippen LogP contribution in [0.1, 0.15) is 18.4 Å². The summed E-state index contributed by atoms with van der Waals surface area (Å²) in [5.41, 5.74) is 3.18. The molecule has 0 saturated carbocycles. The van der Waals surface area contributed by atoms with E-state index in [4.69, 9.17) is 9.47 Å². The van der Waals surface area contributed by atoms with E-state index in [1.54, 1.807) is 14.2 Å². The largest absolute Gasteiger partial charge is 0.501 e. The monoisotopic (exact) mass is 343 g/mol. The van der Waals surface area contributed by atoms with Crippen molar-refractivity contribution >= 4 is 11.7 Å². The molecule has 2 unspecified atom stereocenters. The normalized spacial score (nSPS) is 22.0. The standard InChI is InChI=1S/C19H25N3O3/c1-24-16-9-15(10-17(11-16)25-2)22-19(23)20-12-14-8-7-13-5-3-4-6-18(13)21-14/h3-6,9-10,14,16,21H,7-8,11-12H2,1-2H3,(H2,20,22,23). The number of hydrogen-bond donors (Lipinski definition) is 3. The van der Waals surface area contributed by atoms with E-state index in [2.05, 4.69) is 34.1 Å². The van der Waals surface area contributed by atoms with Crippen molar-refractivity contribution in [1.29, 1.82) is 0 Å². The smallest absolute Gasteiger partial charge is 0.319 e. The Morgan fingerprint density at radius 2 is 2.16 bits per heavy atom. The maximum atomic E-state index is 12.2. The fourth-order valence-corrected chi connectivity index (χ4v) is 3.15. The molecule has 0 fully saturated rings. The van der Waals surface area contributed by atoms with Gasteiger partial charge in [0, 0.05) is 37.5 Å². The Kier molecular flexibility index (Phi) is 5.60. The van der Waals surface area contributed by atoms with Crippen molar-refractivity contribution in [1.82, 2.24) is 10.6 Å². The van der Waals surface area contributed by atoms with Crippen molar-refractivity contribution < 1.29 is 14.3 Å². The molecule has 2 aliphatic rings. The first-order valence-corrected chi connectivity index (χ1v) is 8.56. The van der Waals surface area contributed by atoms with Crippen LogP contribution in [0.25, 0.3) is 0 Å². The highest BCUT2D eigenvalue weighted by atomic mass is 16.5. The van der Waals surface area contributed by atoms with Gasteiger partial charge in [0.05, 0.1) is 13.2 Å². The molecule has 0 radical (unpaired) electrons. The van der Waals surface area contributed by atoms with Gasteiger partial charge in [-0.2, -0.15) is 0 Å². The van der Waals surface area contributed by atoms with Gasteiger partial charge in [-0.1, -0.05) is 18.2 Å². The van der Waals surface area contributed by atoms with E-state index in [0.717, 1.165) is 24.3 Å². The predicted octanol–water partition coefficient (Wildman–Crippen LogP) is 2.55. The number of allylic oxidation sites excluding steroid dienone is 1. The lowest BCUT2D eigenvalue weighted by Crippen LogP contribution is -2.43. The van der Waals surface area contributed by atoms with Crippen molar-refractivity contribution in [2.45, 2.75) is 31.4 Å². The number of amides is 2. The number of nitrogens with one attached hydrogen (secondary N) is 3. The minimum Gasteiger partial charge on any atom is -0.501 e. The van der Waals surface area contributed by atoms with Crippen molar-refractivity contribution in [2.75, 3.05) is 26.1 Å². The Hall–Kier alpha value is -2.47. The molecule has 134 valence electrons. The molecule has 1 aliphatic carbocycles. The number of methoxy groups -OCH3 is 2. The van der Waals surface area contributed by atoms with Gasteiger partial charge in [-0.3, -0.25) is 0 Å². The second kappa shape index (κ2) is 8.07. The Morgan fingerprint density at radius 3 is 2.96 bits per heavy atom. The molecule has 0 aromatic heterocycles. The van der Waals surface area contributed by atoms with E-state index < -0.39 is 0 Å². The number of para-hydroxylation sites is 1. The van der Waals surface area contributed by atoms with Crippen molar-refractivity contribution in [3.63, 3.8) is 0 Å². The number of rotatable bonds is 5. The first-order chi connectivity index (χ1) is 12.2. The SMILES string of the molecule is COC1=CC(NC(=O)NCC2CCc3ccccc3N2)=CC(OC)C1. The molecule has 1 aliphatic heterocycles. The zero-order valence-corrected chi connectivity index (χ0v) is 14.7. The van der Waals surface area contributed by atoms with Crippen LogP contribution < -0.4 is 16.0 Å². The molecule has 3 rings (SSSR count). The van der Waals surface area contributed by atoms with Crippen LogP contribution in [-0.2, 0) is 15.9 Å². The van der Waals surface area contributed by atoms with Crippen LogP contribution in [0.4, 0.5) is 10.5 Å². The molecule has 6 nitrogen and oxygen atoms in total. The first-order valence-electron chi connectivity index (χ1n) is 8.56. The number of urea groups is 1. The second-order valence-corrected chi connectivity index (χ2v) is 6.29. The first kappa shape index (κ1) is 17.4. The summed E-state index contributed by atoms with van der Waals surface area (Å²) in [7, 11) is 3.26. The molecule has 2 atom stereocenters. The molecule has 0 saturated heterocycles. The predicted molar refractivity (Wildman–Crippen MR) is 97.3 cm³/mol. The lowest BCUT2D eigenvalue weighted by atomic mass is 9.98. The molecule has 3 N–H and O–H groups in total. The van der Waals surface area contributed by atoms with Crippen LogP contribution in [0.3, 0.4) is 0 Å². The molecule has 6 heteroatoms. The third-order valence-corrected chi connectivity index (χ3v) is 4.56. The van der Waals surface area contributed by atoms with Crippen LogP contribution in [0.5, 0.6) is 0 Å². The fourth-order valence-electron chi connectivity index (χ4n) is 3.15. The molecular formula is C19H25N3O3. The number of ether oxygens (including phenoxy) is 2. The summed E-state index contributed by atoms with van der Waals surface area (Å²) in [6.07, 6.45) is 6.32. The number of hydrogen-bond acceptors (Lipinski definition) is 4. The molecule has 1 aromatic rings. The molecular weight excluding hydrogens is 318 g/mol. The third-order valence-electron chi connectivity index (χ3n) is 4.56. The number of anilines is 1. The summed E-state index contributed by atoms with van der Waals surface area (Å²) < 4.78 is 10.6. The number of carbonyl (C=O) groups is 1. The Balaban J connectivity index is 1.50. The summed E-state index contributed by atoms with van der Waals surface area (Å²) in [6, 6.07) is 8.31. The zero-order chi connectivity index (χ0) is 17.6. The average Bonchev–Trinajstić information content (AvgIpc) is 2.65. The van der Waals surface area contributed by atoms with Crippen molar-refractivity contribution in [2.24, 2.45) is 0 Å². The lowest BCUT2D eigenvalue weighted by molar-refractivity contribution is 0.120. The molecule has 25 heavy (non-hydrogen) atoms. The highest BCUT2D eigenvalue weighted by Crippen LogP contribution is 2.24. The summed E-state index contributed by atoms with van der Waals surface area (Å²) in [5.74, 6) is 0.787. The number of fused-ring (bicyclic) bond motifs is 1. The van der Waals surface area contributed by atoms with E-state index in [1.165, 1.54) is 5.56 Å². The minimum atomic E-state index is -0.227. The van der Waals surface area contributed by atoms with Gasteiger partial charge in [0.25, 0.3) is 0 Å². The highest BCUT2D eigenvalue weighted by Gasteiger charge is 2.19. The van der Waals surface area contributed by atoms with Crippen molar-refractivity contribution in [3.05, 3.63) is 53.4 Å². The van der Waals surface area contributed by atoms with Crippen LogP contribution in [0.15, 0.2) is 47.9 Å². The van der Waals surface area contributed by atoms with Gasteiger partial charge >= 0.3 is 6.03 Å². The Morgan fingerprint density at radius 1 is 1.32 bits per heavy atom. The second-order valence-electron chi connectivity index (χ2n) is 6.29. The summed E-state index contributed by atoms with van der Waals surface area (Å²) >= 11 is 0. The van der Waals surface area contributed by atoms with E-state index in [9.17, 15) is 4.79 Å². The van der Waals surface area contributed by atoms with E-state index in [1.807, 2.05) is 18.2 Å². The molecule has 0 spiro atoms. The van der Waals surface area contributed by atoms with Gasteiger partial charge in [-0.15, -0.1) is 0 Å². The number of benzene rings is 1. The molecule has 1 heterocycles. The number of aryl methyl sites for hydroxylation is 1. The fraction of sp³-hybridized carbons (Fsp3) is 0.421. The van der Waals surface area contributed by atoms with Crippen LogP contribution >= 0.6 is 0 Å². The number of carbonyl (C=O) groups excluding carboxylic acids is 1. The molecule has 2 amide bonds. The van der Waals surface area contributed by atoms with Crippen LogP contribution in [0, 0.1) is 0 Å². The molecule has 0 bridgehead atoms. The van der Waals surface area contributed by atoms with Gasteiger partial charge in [0.15, 0.2) is 0 Å². The zero-order valence-electron chi connectivity index (χ0n) is 14.7. The van der Waals surface area contributed by atoms with Crippen LogP contribution in [0.2, 0.25) is 0 Å². The lowest BCUT2D eigenvalue weighted by Gasteiger charge is -2.27. The highest BCUT2D eigenvalue weighted by molar-refractivity contribution is 5.76. The maximum Gasteiger partial charge on any atom is 0.319 e. The average molecular weight is 343 g/mol. The van der Waals surface area contributed by atoms with Gasteiger partial charge in [0.2, 0.25) is 0 Å². The summed E-state index contributed by atoms with van der Waals surface area (Å²) in [4.78, 5) is 12.2. The van der Waals surface area contributed by atoms with Gasteiger partial charge in [0.1, 0.15) is 5.76 Å². The summed E-state index contributed by atoms with van der Waals surface area (Å²) in [5, 5.41) is 9.26. The van der Waals surface area contributed by atoms with E-state index >= 15 is 0 Å². The maximum absolute atomic E-state index is 12.2. The van der Waals surface area contributed by atoms with Crippen molar-refractivity contribution in [3.8, 4) is 0 Å². The van der Waals surface area contributed by atoms with Crippen LogP contribution in [-0.4, -0.2) is 38.9 Å². The van der Waals surface area contributed by atoms with Gasteiger partial charge in [-0.25, -0.2) is 4.79 Å².